The van der Waals surface area contributed by atoms with Gasteiger partial charge in [0, 0.05) is 18.6 Å². The molecule has 108 valence electrons. The van der Waals surface area contributed by atoms with Gasteiger partial charge in [-0.15, -0.1) is 0 Å². The van der Waals surface area contributed by atoms with Gasteiger partial charge < -0.3 is 10.2 Å². The standard InChI is InChI=1S/C16H28N2O/c1-5-14(17)16(15-9-8-13(4)19-15)18-10-11(2)6-7-12(18)3/h8-9,11-12,14,16H,5-7,10,17H2,1-4H3. The Morgan fingerprint density at radius 2 is 2.11 bits per heavy atom. The first-order chi connectivity index (χ1) is 9.02. The number of furan rings is 1. The Morgan fingerprint density at radius 3 is 2.68 bits per heavy atom. The first kappa shape index (κ1) is 14.6. The molecule has 0 amide bonds. The highest BCUT2D eigenvalue weighted by Gasteiger charge is 2.34. The molecule has 3 heteroatoms. The Bertz CT molecular complexity index is 401. The molecule has 0 aromatic carbocycles. The van der Waals surface area contributed by atoms with E-state index in [1.807, 2.05) is 13.0 Å². The summed E-state index contributed by atoms with van der Waals surface area (Å²) in [5, 5.41) is 0. The van der Waals surface area contributed by atoms with Crippen molar-refractivity contribution >= 4 is 0 Å². The molecule has 0 radical (unpaired) electrons. The lowest BCUT2D eigenvalue weighted by molar-refractivity contribution is 0.0513. The minimum Gasteiger partial charge on any atom is -0.465 e. The number of rotatable bonds is 4. The van der Waals surface area contributed by atoms with Gasteiger partial charge in [-0.1, -0.05) is 13.8 Å². The van der Waals surface area contributed by atoms with Gasteiger partial charge in [-0.05, 0) is 51.2 Å². The zero-order valence-electron chi connectivity index (χ0n) is 12.7. The van der Waals surface area contributed by atoms with Crippen molar-refractivity contribution in [1.82, 2.24) is 4.90 Å². The van der Waals surface area contributed by atoms with Crippen LogP contribution in [-0.2, 0) is 0 Å². The second-order valence-corrected chi connectivity index (χ2v) is 6.19. The minimum atomic E-state index is 0.137. The third-order valence-corrected chi connectivity index (χ3v) is 4.45. The number of aryl methyl sites for hydroxylation is 1. The van der Waals surface area contributed by atoms with Crippen LogP contribution in [0, 0.1) is 12.8 Å². The molecule has 19 heavy (non-hydrogen) atoms. The Labute approximate surface area is 117 Å². The van der Waals surface area contributed by atoms with Crippen molar-refractivity contribution in [3.8, 4) is 0 Å². The topological polar surface area (TPSA) is 42.4 Å². The van der Waals surface area contributed by atoms with Crippen LogP contribution in [0.5, 0.6) is 0 Å². The lowest BCUT2D eigenvalue weighted by atomic mass is 9.90. The number of hydrogen-bond donors (Lipinski definition) is 1. The predicted octanol–water partition coefficient (Wildman–Crippen LogP) is 3.49. The Balaban J connectivity index is 2.26. The molecule has 1 aliphatic heterocycles. The van der Waals surface area contributed by atoms with Crippen LogP contribution in [0.25, 0.3) is 0 Å². The van der Waals surface area contributed by atoms with Crippen molar-refractivity contribution < 1.29 is 4.42 Å². The summed E-state index contributed by atoms with van der Waals surface area (Å²) >= 11 is 0. The van der Waals surface area contributed by atoms with E-state index in [1.165, 1.54) is 12.8 Å². The van der Waals surface area contributed by atoms with E-state index in [1.54, 1.807) is 0 Å². The van der Waals surface area contributed by atoms with Gasteiger partial charge in [0.1, 0.15) is 11.5 Å². The fraction of sp³-hybridized carbons (Fsp3) is 0.750. The average molecular weight is 264 g/mol. The smallest absolute Gasteiger partial charge is 0.122 e. The van der Waals surface area contributed by atoms with E-state index in [9.17, 15) is 0 Å². The third-order valence-electron chi connectivity index (χ3n) is 4.45. The SMILES string of the molecule is CCC(N)C(c1ccc(C)o1)N1CC(C)CCC1C. The number of hydrogen-bond acceptors (Lipinski definition) is 3. The molecular formula is C16H28N2O. The van der Waals surface area contributed by atoms with Gasteiger partial charge >= 0.3 is 0 Å². The van der Waals surface area contributed by atoms with Gasteiger partial charge in [-0.2, -0.15) is 0 Å². The Kier molecular flexibility index (Phi) is 4.69. The van der Waals surface area contributed by atoms with Crippen molar-refractivity contribution in [3.05, 3.63) is 23.7 Å². The Morgan fingerprint density at radius 1 is 1.37 bits per heavy atom. The van der Waals surface area contributed by atoms with E-state index in [0.717, 1.165) is 30.4 Å². The van der Waals surface area contributed by atoms with Gasteiger partial charge in [0.25, 0.3) is 0 Å². The molecule has 0 spiro atoms. The largest absolute Gasteiger partial charge is 0.465 e. The highest BCUT2D eigenvalue weighted by atomic mass is 16.3. The summed E-state index contributed by atoms with van der Waals surface area (Å²) in [4.78, 5) is 2.56. The van der Waals surface area contributed by atoms with Crippen LogP contribution < -0.4 is 5.73 Å². The van der Waals surface area contributed by atoms with E-state index in [4.69, 9.17) is 10.2 Å². The molecule has 1 fully saturated rings. The van der Waals surface area contributed by atoms with Gasteiger partial charge in [-0.3, -0.25) is 4.90 Å². The second kappa shape index (κ2) is 6.10. The molecule has 2 rings (SSSR count). The van der Waals surface area contributed by atoms with E-state index < -0.39 is 0 Å². The number of nitrogens with two attached hydrogens (primary N) is 1. The molecule has 1 aliphatic rings. The summed E-state index contributed by atoms with van der Waals surface area (Å²) in [6.07, 6.45) is 3.55. The molecule has 1 saturated heterocycles. The van der Waals surface area contributed by atoms with Gasteiger partial charge in [0.05, 0.1) is 6.04 Å². The van der Waals surface area contributed by atoms with Crippen LogP contribution in [0.15, 0.2) is 16.5 Å². The van der Waals surface area contributed by atoms with Crippen molar-refractivity contribution in [1.29, 1.82) is 0 Å². The highest BCUT2D eigenvalue weighted by Crippen LogP contribution is 2.33. The van der Waals surface area contributed by atoms with Crippen molar-refractivity contribution in [3.63, 3.8) is 0 Å². The monoisotopic (exact) mass is 264 g/mol. The van der Waals surface area contributed by atoms with Crippen LogP contribution >= 0.6 is 0 Å². The lowest BCUT2D eigenvalue weighted by Crippen LogP contribution is -2.49. The van der Waals surface area contributed by atoms with Crippen LogP contribution in [0.2, 0.25) is 0 Å². The first-order valence-corrected chi connectivity index (χ1v) is 7.60. The normalized spacial score (nSPS) is 28.3. The van der Waals surface area contributed by atoms with E-state index in [-0.39, 0.29) is 12.1 Å². The molecule has 0 aliphatic carbocycles. The number of nitrogens with zero attached hydrogens (tertiary/aromatic N) is 1. The maximum absolute atomic E-state index is 6.40. The predicted molar refractivity (Wildman–Crippen MR) is 79.0 cm³/mol. The molecule has 3 nitrogen and oxygen atoms in total. The molecule has 2 heterocycles. The summed E-state index contributed by atoms with van der Waals surface area (Å²) in [5.41, 5.74) is 6.40. The van der Waals surface area contributed by atoms with Gasteiger partial charge in [0.2, 0.25) is 0 Å². The van der Waals surface area contributed by atoms with Gasteiger partial charge in [-0.25, -0.2) is 0 Å². The van der Waals surface area contributed by atoms with Crippen LogP contribution in [0.1, 0.15) is 57.6 Å². The number of piperidine rings is 1. The van der Waals surface area contributed by atoms with Crippen LogP contribution in [0.3, 0.4) is 0 Å². The maximum Gasteiger partial charge on any atom is 0.122 e. The summed E-state index contributed by atoms with van der Waals surface area (Å²) < 4.78 is 5.88. The molecular weight excluding hydrogens is 236 g/mol. The number of likely N-dealkylation sites (tertiary alicyclic amines) is 1. The molecule has 0 saturated carbocycles. The maximum atomic E-state index is 6.40. The summed E-state index contributed by atoms with van der Waals surface area (Å²) in [6, 6.07) is 5.09. The summed E-state index contributed by atoms with van der Waals surface area (Å²) in [7, 11) is 0. The molecule has 4 atom stereocenters. The van der Waals surface area contributed by atoms with Crippen LogP contribution in [0.4, 0.5) is 0 Å². The zero-order chi connectivity index (χ0) is 14.0. The fourth-order valence-electron chi connectivity index (χ4n) is 3.17. The Hall–Kier alpha value is -0.800. The molecule has 2 N–H and O–H groups in total. The van der Waals surface area contributed by atoms with Crippen molar-refractivity contribution in [2.24, 2.45) is 11.7 Å². The highest BCUT2D eigenvalue weighted by molar-refractivity contribution is 5.13. The average Bonchev–Trinajstić information content (AvgIpc) is 2.80. The second-order valence-electron chi connectivity index (χ2n) is 6.19. The zero-order valence-corrected chi connectivity index (χ0v) is 12.7. The molecule has 4 unspecified atom stereocenters. The van der Waals surface area contributed by atoms with Gasteiger partial charge in [0.15, 0.2) is 0 Å². The fourth-order valence-corrected chi connectivity index (χ4v) is 3.17. The quantitative estimate of drug-likeness (QED) is 0.905. The molecule has 1 aromatic rings. The van der Waals surface area contributed by atoms with Crippen LogP contribution in [-0.4, -0.2) is 23.5 Å². The van der Waals surface area contributed by atoms with Crippen molar-refractivity contribution in [2.75, 3.05) is 6.54 Å². The van der Waals surface area contributed by atoms with E-state index in [2.05, 4.69) is 31.7 Å². The summed E-state index contributed by atoms with van der Waals surface area (Å²) in [6.45, 7) is 9.93. The first-order valence-electron chi connectivity index (χ1n) is 7.60. The van der Waals surface area contributed by atoms with E-state index in [0.29, 0.717) is 6.04 Å². The van der Waals surface area contributed by atoms with E-state index >= 15 is 0 Å². The third kappa shape index (κ3) is 3.21. The minimum absolute atomic E-state index is 0.137. The molecule has 1 aromatic heterocycles. The summed E-state index contributed by atoms with van der Waals surface area (Å²) in [5.74, 6) is 2.76. The molecule has 0 bridgehead atoms. The van der Waals surface area contributed by atoms with Crippen molar-refractivity contribution in [2.45, 2.75) is 65.1 Å². The lowest BCUT2D eigenvalue weighted by Gasteiger charge is -2.43.